The molecule has 2 heterocycles. The van der Waals surface area contributed by atoms with E-state index < -0.39 is 0 Å². The van der Waals surface area contributed by atoms with Crippen LogP contribution in [0.15, 0.2) is 60.9 Å². The molecule has 130 valence electrons. The van der Waals surface area contributed by atoms with E-state index in [0.29, 0.717) is 17.0 Å². The number of aromatic nitrogens is 2. The highest BCUT2D eigenvalue weighted by molar-refractivity contribution is 7.17. The van der Waals surface area contributed by atoms with E-state index in [1.807, 2.05) is 47.0 Å². The van der Waals surface area contributed by atoms with Crippen molar-refractivity contribution in [1.82, 2.24) is 9.38 Å². The van der Waals surface area contributed by atoms with Gasteiger partial charge >= 0.3 is 0 Å². The lowest BCUT2D eigenvalue weighted by atomic mass is 10.1. The van der Waals surface area contributed by atoms with Crippen LogP contribution in [0.4, 0.5) is 5.69 Å². The van der Waals surface area contributed by atoms with Gasteiger partial charge in [0, 0.05) is 28.5 Å². The molecule has 26 heavy (non-hydrogen) atoms. The van der Waals surface area contributed by atoms with Crippen LogP contribution in [0.3, 0.4) is 0 Å². The summed E-state index contributed by atoms with van der Waals surface area (Å²) in [5.74, 6) is 0.340. The maximum atomic E-state index is 12.6. The zero-order chi connectivity index (χ0) is 18.1. The van der Waals surface area contributed by atoms with Crippen LogP contribution in [0.2, 0.25) is 0 Å². The van der Waals surface area contributed by atoms with Crippen LogP contribution in [0, 0.1) is 6.92 Å². The molecule has 0 aliphatic rings. The summed E-state index contributed by atoms with van der Waals surface area (Å²) < 4.78 is 7.28. The maximum Gasteiger partial charge on any atom is 0.259 e. The van der Waals surface area contributed by atoms with Gasteiger partial charge in [0.15, 0.2) is 4.96 Å². The molecule has 0 saturated carbocycles. The summed E-state index contributed by atoms with van der Waals surface area (Å²) in [5.41, 5.74) is 3.05. The van der Waals surface area contributed by atoms with Crippen LogP contribution in [0.1, 0.15) is 15.2 Å². The number of rotatable bonds is 4. The number of amides is 1. The monoisotopic (exact) mass is 363 g/mol. The van der Waals surface area contributed by atoms with Gasteiger partial charge in [0.25, 0.3) is 5.91 Å². The van der Waals surface area contributed by atoms with Gasteiger partial charge in [-0.3, -0.25) is 9.20 Å². The molecule has 5 nitrogen and oxygen atoms in total. The Morgan fingerprint density at radius 1 is 1.15 bits per heavy atom. The Morgan fingerprint density at radius 3 is 2.81 bits per heavy atom. The first-order valence-corrected chi connectivity index (χ1v) is 8.95. The molecule has 0 unspecified atom stereocenters. The van der Waals surface area contributed by atoms with E-state index in [0.717, 1.165) is 16.2 Å². The molecule has 0 atom stereocenters. The Balaban J connectivity index is 1.61. The molecule has 0 aliphatic heterocycles. The zero-order valence-electron chi connectivity index (χ0n) is 14.4. The number of carbonyl (C=O) groups is 1. The molecular weight excluding hydrogens is 346 g/mol. The van der Waals surface area contributed by atoms with Gasteiger partial charge in [-0.1, -0.05) is 24.3 Å². The number of imidazole rings is 1. The fourth-order valence-electron chi connectivity index (χ4n) is 2.84. The number of ether oxygens (including phenoxy) is 1. The van der Waals surface area contributed by atoms with Crippen molar-refractivity contribution in [3.8, 4) is 17.0 Å². The maximum absolute atomic E-state index is 12.6. The summed E-state index contributed by atoms with van der Waals surface area (Å²) in [5, 5.41) is 2.93. The minimum atomic E-state index is -0.207. The van der Waals surface area contributed by atoms with Crippen molar-refractivity contribution in [3.63, 3.8) is 0 Å². The summed E-state index contributed by atoms with van der Waals surface area (Å²) in [6, 6.07) is 14.8. The smallest absolute Gasteiger partial charge is 0.259 e. The first kappa shape index (κ1) is 16.4. The number of anilines is 1. The predicted molar refractivity (Wildman–Crippen MR) is 104 cm³/mol. The molecule has 1 N–H and O–H groups in total. The van der Waals surface area contributed by atoms with E-state index >= 15 is 0 Å². The summed E-state index contributed by atoms with van der Waals surface area (Å²) in [6.45, 7) is 2.06. The largest absolute Gasteiger partial charge is 0.496 e. The van der Waals surface area contributed by atoms with Crippen LogP contribution < -0.4 is 10.1 Å². The number of carbonyl (C=O) groups excluding carboxylic acids is 1. The van der Waals surface area contributed by atoms with E-state index in [1.54, 1.807) is 30.6 Å². The number of thiazole rings is 1. The molecule has 4 rings (SSSR count). The third kappa shape index (κ3) is 3.07. The van der Waals surface area contributed by atoms with Gasteiger partial charge in [0.2, 0.25) is 0 Å². The van der Waals surface area contributed by atoms with Crippen molar-refractivity contribution in [3.05, 3.63) is 71.4 Å². The quantitative estimate of drug-likeness (QED) is 0.575. The second kappa shape index (κ2) is 6.65. The Morgan fingerprint density at radius 2 is 2.00 bits per heavy atom. The minimum absolute atomic E-state index is 0.207. The normalized spacial score (nSPS) is 10.8. The van der Waals surface area contributed by atoms with E-state index in [9.17, 15) is 4.79 Å². The minimum Gasteiger partial charge on any atom is -0.496 e. The lowest BCUT2D eigenvalue weighted by molar-refractivity contribution is 0.102. The lowest BCUT2D eigenvalue weighted by Gasteiger charge is -2.09. The lowest BCUT2D eigenvalue weighted by Crippen LogP contribution is -2.13. The first-order valence-electron chi connectivity index (χ1n) is 8.14. The molecule has 4 aromatic rings. The van der Waals surface area contributed by atoms with Gasteiger partial charge in [-0.15, -0.1) is 11.3 Å². The SMILES string of the molecule is COc1ccccc1C(=O)Nc1cccc(-c2cn3cc(C)sc3n2)c1. The third-order valence-corrected chi connectivity index (χ3v) is 4.95. The fraction of sp³-hybridized carbons (Fsp3) is 0.100. The van der Waals surface area contributed by atoms with Gasteiger partial charge in [-0.25, -0.2) is 4.98 Å². The van der Waals surface area contributed by atoms with Crippen molar-refractivity contribution in [2.75, 3.05) is 12.4 Å². The van der Waals surface area contributed by atoms with Gasteiger partial charge in [0.05, 0.1) is 18.4 Å². The highest BCUT2D eigenvalue weighted by Gasteiger charge is 2.13. The van der Waals surface area contributed by atoms with Crippen LogP contribution in [-0.2, 0) is 0 Å². The van der Waals surface area contributed by atoms with E-state index in [2.05, 4.69) is 23.4 Å². The van der Waals surface area contributed by atoms with Crippen molar-refractivity contribution < 1.29 is 9.53 Å². The van der Waals surface area contributed by atoms with Crippen LogP contribution in [-0.4, -0.2) is 22.4 Å². The summed E-state index contributed by atoms with van der Waals surface area (Å²) in [6.07, 6.45) is 4.06. The van der Waals surface area contributed by atoms with E-state index in [1.165, 1.54) is 4.88 Å². The van der Waals surface area contributed by atoms with Crippen LogP contribution >= 0.6 is 11.3 Å². The average molecular weight is 363 g/mol. The summed E-state index contributed by atoms with van der Waals surface area (Å²) >= 11 is 1.65. The van der Waals surface area contributed by atoms with E-state index in [4.69, 9.17) is 4.74 Å². The van der Waals surface area contributed by atoms with Crippen molar-refractivity contribution in [2.24, 2.45) is 0 Å². The number of nitrogens with zero attached hydrogens (tertiary/aromatic N) is 2. The second-order valence-corrected chi connectivity index (χ2v) is 7.11. The summed E-state index contributed by atoms with van der Waals surface area (Å²) in [4.78, 5) is 19.4. The van der Waals surface area contributed by atoms with Crippen molar-refractivity contribution in [2.45, 2.75) is 6.92 Å². The molecule has 2 aromatic carbocycles. The van der Waals surface area contributed by atoms with Gasteiger partial charge in [-0.2, -0.15) is 0 Å². The second-order valence-electron chi connectivity index (χ2n) is 5.89. The molecule has 0 aliphatic carbocycles. The number of hydrogen-bond acceptors (Lipinski definition) is 4. The Bertz CT molecular complexity index is 1070. The fourth-order valence-corrected chi connectivity index (χ4v) is 3.65. The van der Waals surface area contributed by atoms with Crippen LogP contribution in [0.25, 0.3) is 16.2 Å². The zero-order valence-corrected chi connectivity index (χ0v) is 15.2. The molecule has 0 bridgehead atoms. The molecule has 0 saturated heterocycles. The summed E-state index contributed by atoms with van der Waals surface area (Å²) in [7, 11) is 1.55. The number of benzene rings is 2. The highest BCUT2D eigenvalue weighted by Crippen LogP contribution is 2.26. The van der Waals surface area contributed by atoms with Crippen LogP contribution in [0.5, 0.6) is 5.75 Å². The number of hydrogen-bond donors (Lipinski definition) is 1. The first-order chi connectivity index (χ1) is 12.6. The number of aryl methyl sites for hydroxylation is 1. The molecule has 0 fully saturated rings. The molecule has 0 spiro atoms. The molecule has 1 amide bonds. The number of nitrogens with one attached hydrogen (secondary N) is 1. The molecule has 2 aromatic heterocycles. The van der Waals surface area contributed by atoms with Crippen molar-refractivity contribution in [1.29, 1.82) is 0 Å². The van der Waals surface area contributed by atoms with E-state index in [-0.39, 0.29) is 5.91 Å². The molecular formula is C20H17N3O2S. The van der Waals surface area contributed by atoms with Gasteiger partial charge in [0.1, 0.15) is 5.75 Å². The number of fused-ring (bicyclic) bond motifs is 1. The Hall–Kier alpha value is -3.12. The topological polar surface area (TPSA) is 55.6 Å². The number of methoxy groups -OCH3 is 1. The van der Waals surface area contributed by atoms with Gasteiger partial charge in [-0.05, 0) is 31.2 Å². The Labute approximate surface area is 154 Å². The third-order valence-electron chi connectivity index (χ3n) is 4.04. The Kier molecular flexibility index (Phi) is 4.18. The average Bonchev–Trinajstić information content (AvgIpc) is 3.19. The standard InChI is InChI=1S/C20H17N3O2S/c1-13-11-23-12-17(22-20(23)26-13)14-6-5-7-15(10-14)21-19(24)16-8-3-4-9-18(16)25-2/h3-12H,1-2H3,(H,21,24). The van der Waals surface area contributed by atoms with Gasteiger partial charge < -0.3 is 10.1 Å². The molecule has 0 radical (unpaired) electrons. The number of para-hydroxylation sites is 1. The van der Waals surface area contributed by atoms with Crippen molar-refractivity contribution >= 4 is 27.9 Å². The molecule has 6 heteroatoms. The highest BCUT2D eigenvalue weighted by atomic mass is 32.1. The predicted octanol–water partition coefficient (Wildman–Crippen LogP) is 4.63.